The lowest BCUT2D eigenvalue weighted by atomic mass is 10.0. The minimum Gasteiger partial charge on any atom is -0.351 e. The summed E-state index contributed by atoms with van der Waals surface area (Å²) in [5, 5.41) is 8.73. The Bertz CT molecular complexity index is 519. The van der Waals surface area contributed by atoms with Crippen molar-refractivity contribution < 1.29 is 13.5 Å². The molecule has 0 radical (unpaired) electrons. The van der Waals surface area contributed by atoms with E-state index in [-0.39, 0.29) is 5.05 Å². The molecule has 0 rings (SSSR count). The van der Waals surface area contributed by atoms with Crippen LogP contribution in [0.5, 0.6) is 0 Å². The molecule has 0 bridgehead atoms. The molecule has 0 heterocycles. The Labute approximate surface area is 215 Å². The van der Waals surface area contributed by atoms with E-state index in [1.54, 1.807) is 0 Å². The largest absolute Gasteiger partial charge is 0.351 e. The molecule has 4 heteroatoms. The van der Waals surface area contributed by atoms with Gasteiger partial charge in [-0.15, -0.1) is 0 Å². The van der Waals surface area contributed by atoms with Crippen molar-refractivity contribution in [2.75, 3.05) is 0 Å². The molecule has 0 unspecified atom stereocenters. The second kappa shape index (κ2) is 28.9. The van der Waals surface area contributed by atoms with E-state index in [1.807, 2.05) is 0 Å². The summed E-state index contributed by atoms with van der Waals surface area (Å²) < 4.78 is 21.0. The Morgan fingerprint density at radius 1 is 0.412 bits per heavy atom. The molecular weight excluding hydrogens is 440 g/mol. The van der Waals surface area contributed by atoms with Gasteiger partial charge in [-0.25, -0.2) is 0 Å². The van der Waals surface area contributed by atoms with Crippen molar-refractivity contribution in [3.05, 3.63) is 0 Å². The topological polar surface area (TPSA) is 54.4 Å². The van der Waals surface area contributed by atoms with Gasteiger partial charge in [0.15, 0.2) is 5.05 Å². The lowest BCUT2D eigenvalue weighted by Crippen LogP contribution is -1.96. The first-order valence-electron chi connectivity index (χ1n) is 15.3. The van der Waals surface area contributed by atoms with E-state index in [0.717, 1.165) is 19.3 Å². The van der Waals surface area contributed by atoms with Gasteiger partial charge in [0.1, 0.15) is 0 Å². The van der Waals surface area contributed by atoms with Gasteiger partial charge in [-0.3, -0.25) is 0 Å². The molecule has 0 saturated carbocycles. The highest BCUT2D eigenvalue weighted by molar-refractivity contribution is 7.72. The summed E-state index contributed by atoms with van der Waals surface area (Å²) in [6.07, 6.45) is 37.3. The molecule has 0 aromatic rings. The average Bonchev–Trinajstić information content (AvgIpc) is 2.83. The maximum Gasteiger partial charge on any atom is 0.240 e. The highest BCUT2D eigenvalue weighted by atomic mass is 32.2. The molecule has 0 fully saturated rings. The highest BCUT2D eigenvalue weighted by Crippen LogP contribution is 2.16. The van der Waals surface area contributed by atoms with Gasteiger partial charge in [0, 0.05) is 6.42 Å². The summed E-state index contributed by atoms with van der Waals surface area (Å²) in [4.78, 5) is 0. The highest BCUT2D eigenvalue weighted by Gasteiger charge is 1.98. The molecule has 0 aliphatic rings. The molecule has 204 valence electrons. The Kier molecular flexibility index (Phi) is 28.6. The summed E-state index contributed by atoms with van der Waals surface area (Å²) in [6.45, 7) is 2.29. The van der Waals surface area contributed by atoms with Gasteiger partial charge in [-0.05, 0) is 6.42 Å². The van der Waals surface area contributed by atoms with Gasteiger partial charge >= 0.3 is 0 Å². The summed E-state index contributed by atoms with van der Waals surface area (Å²) >= 11 is 0. The fourth-order valence-corrected chi connectivity index (χ4v) is 5.16. The monoisotopic (exact) mass is 500 g/mol. The summed E-state index contributed by atoms with van der Waals surface area (Å²) in [5.74, 6) is 0. The van der Waals surface area contributed by atoms with Crippen molar-refractivity contribution in [2.45, 2.75) is 187 Å². The Morgan fingerprint density at radius 3 is 0.824 bits per heavy atom. The van der Waals surface area contributed by atoms with E-state index < -0.39 is 10.3 Å². The van der Waals surface area contributed by atoms with Crippen molar-refractivity contribution in [2.24, 2.45) is 0 Å². The second-order valence-corrected chi connectivity index (χ2v) is 11.5. The van der Waals surface area contributed by atoms with Crippen LogP contribution in [0.2, 0.25) is 0 Å². The van der Waals surface area contributed by atoms with Gasteiger partial charge in [-0.2, -0.15) is 8.42 Å². The number of aliphatic hydroxyl groups is 1. The minimum absolute atomic E-state index is 0.301. The molecule has 34 heavy (non-hydrogen) atoms. The first-order valence-corrected chi connectivity index (χ1v) is 16.4. The number of rotatable bonds is 28. The van der Waals surface area contributed by atoms with Crippen molar-refractivity contribution in [3.8, 4) is 0 Å². The van der Waals surface area contributed by atoms with Crippen LogP contribution >= 0.6 is 0 Å². The quantitative estimate of drug-likeness (QED) is 0.0858. The lowest BCUT2D eigenvalue weighted by molar-refractivity contribution is 0.511. The van der Waals surface area contributed by atoms with Gasteiger partial charge in [0.25, 0.3) is 0 Å². The maximum absolute atomic E-state index is 10.5. The number of unbranched alkanes of at least 4 members (excludes halogenated alkanes) is 26. The van der Waals surface area contributed by atoms with Crippen LogP contribution in [0, 0.1) is 0 Å². The fourth-order valence-electron chi connectivity index (χ4n) is 4.85. The van der Waals surface area contributed by atoms with Crippen LogP contribution in [0.25, 0.3) is 0 Å². The van der Waals surface area contributed by atoms with Crippen molar-refractivity contribution in [1.29, 1.82) is 0 Å². The molecule has 0 spiro atoms. The average molecular weight is 501 g/mol. The molecule has 0 aromatic heterocycles. The van der Waals surface area contributed by atoms with E-state index >= 15 is 0 Å². The first kappa shape index (κ1) is 33.7. The summed E-state index contributed by atoms with van der Waals surface area (Å²) in [5.41, 5.74) is 0. The zero-order valence-corrected chi connectivity index (χ0v) is 23.8. The molecule has 0 aliphatic heterocycles. The van der Waals surface area contributed by atoms with E-state index in [1.165, 1.54) is 154 Å². The van der Waals surface area contributed by atoms with E-state index in [2.05, 4.69) is 6.92 Å². The van der Waals surface area contributed by atoms with Crippen molar-refractivity contribution in [1.82, 2.24) is 0 Å². The number of hydrogen-bond acceptors (Lipinski definition) is 2. The zero-order chi connectivity index (χ0) is 25.0. The van der Waals surface area contributed by atoms with Crippen molar-refractivity contribution in [3.63, 3.8) is 0 Å². The third kappa shape index (κ3) is 27.9. The number of aliphatic hydroxyl groups excluding tert-OH is 1. The molecule has 0 atom stereocenters. The maximum atomic E-state index is 10.5. The lowest BCUT2D eigenvalue weighted by Gasteiger charge is -2.04. The van der Waals surface area contributed by atoms with Crippen LogP contribution in [0.4, 0.5) is 0 Å². The predicted octanol–water partition coefficient (Wildman–Crippen LogP) is 10.5. The van der Waals surface area contributed by atoms with Gasteiger partial charge in [-0.1, -0.05) is 174 Å². The molecule has 0 aromatic carbocycles. The van der Waals surface area contributed by atoms with Crippen LogP contribution < -0.4 is 0 Å². The van der Waals surface area contributed by atoms with Crippen molar-refractivity contribution >= 4 is 15.3 Å². The smallest absolute Gasteiger partial charge is 0.240 e. The fraction of sp³-hybridized carbons (Fsp3) is 0.967. The minimum atomic E-state index is -2.41. The standard InChI is InChI=1S/C30H60O3S/c1-2-3-4-5-6-7-8-9-10-11-12-13-14-15-16-17-18-19-20-21-22-23-24-25-26-27-28-29-30(31)34(32)33/h31H,2-29H2,1H3. The van der Waals surface area contributed by atoms with Gasteiger partial charge < -0.3 is 5.11 Å². The molecule has 0 saturated heterocycles. The summed E-state index contributed by atoms with van der Waals surface area (Å²) in [6, 6.07) is 0. The van der Waals surface area contributed by atoms with Gasteiger partial charge in [0.05, 0.1) is 0 Å². The van der Waals surface area contributed by atoms with Crippen LogP contribution in [0.3, 0.4) is 0 Å². The van der Waals surface area contributed by atoms with Crippen LogP contribution in [0.15, 0.2) is 0 Å². The van der Waals surface area contributed by atoms with E-state index in [9.17, 15) is 8.42 Å². The third-order valence-corrected chi connectivity index (χ3v) is 7.78. The van der Waals surface area contributed by atoms with E-state index in [4.69, 9.17) is 5.11 Å². The molecule has 0 aliphatic carbocycles. The van der Waals surface area contributed by atoms with E-state index in [0.29, 0.717) is 6.42 Å². The Morgan fingerprint density at radius 2 is 0.618 bits per heavy atom. The number of hydrogen-bond donors (Lipinski definition) is 1. The van der Waals surface area contributed by atoms with Gasteiger partial charge in [0.2, 0.25) is 10.3 Å². The second-order valence-electron chi connectivity index (χ2n) is 10.6. The molecule has 0 amide bonds. The SMILES string of the molecule is CCCCCCCCCCCCCCCCCCCCCCCCCCCCCC(O)=S(=O)=O. The Balaban J connectivity index is 3.07. The zero-order valence-electron chi connectivity index (χ0n) is 23.0. The molecular formula is C30H60O3S. The molecule has 3 nitrogen and oxygen atoms in total. The van der Waals surface area contributed by atoms with Crippen LogP contribution in [0.1, 0.15) is 187 Å². The first-order chi connectivity index (χ1) is 16.7. The predicted molar refractivity (Wildman–Crippen MR) is 152 cm³/mol. The Hall–Kier alpha value is -0.350. The van der Waals surface area contributed by atoms with Crippen LogP contribution in [-0.4, -0.2) is 18.6 Å². The molecule has 1 N–H and O–H groups in total. The normalized spacial score (nSPS) is 11.2. The third-order valence-electron chi connectivity index (χ3n) is 7.19. The van der Waals surface area contributed by atoms with Crippen LogP contribution in [-0.2, 0) is 10.3 Å². The summed E-state index contributed by atoms with van der Waals surface area (Å²) in [7, 11) is -2.41.